The van der Waals surface area contributed by atoms with E-state index < -0.39 is 0 Å². The second kappa shape index (κ2) is 8.54. The van der Waals surface area contributed by atoms with Crippen molar-refractivity contribution < 1.29 is 4.79 Å². The smallest absolute Gasteiger partial charge is 0.220 e. The van der Waals surface area contributed by atoms with E-state index in [1.165, 1.54) is 25.7 Å². The summed E-state index contributed by atoms with van der Waals surface area (Å²) >= 11 is 0. The van der Waals surface area contributed by atoms with E-state index in [-0.39, 0.29) is 11.9 Å². The number of carbonyl (C=O) groups excluding carboxylic acids is 1. The molecule has 0 aromatic rings. The fraction of sp³-hybridized carbons (Fsp3) is 0.933. The highest BCUT2D eigenvalue weighted by molar-refractivity contribution is 5.76. The van der Waals surface area contributed by atoms with Gasteiger partial charge < -0.3 is 16.0 Å². The Bertz CT molecular complexity index is 260. The number of hydrogen-bond donors (Lipinski definition) is 2. The molecular weight excluding hydrogens is 238 g/mol. The van der Waals surface area contributed by atoms with E-state index in [0.29, 0.717) is 18.3 Å². The molecule has 0 radical (unpaired) electrons. The zero-order chi connectivity index (χ0) is 14.3. The van der Waals surface area contributed by atoms with E-state index in [0.717, 1.165) is 19.5 Å². The topological polar surface area (TPSA) is 58.4 Å². The third-order valence-corrected chi connectivity index (χ3v) is 4.19. The van der Waals surface area contributed by atoms with Gasteiger partial charge in [0.2, 0.25) is 5.91 Å². The van der Waals surface area contributed by atoms with Gasteiger partial charge in [-0.05, 0) is 78.0 Å². The highest BCUT2D eigenvalue weighted by Crippen LogP contribution is 2.30. The normalized spacial score (nSPS) is 25.3. The average molecular weight is 269 g/mol. The lowest BCUT2D eigenvalue weighted by Gasteiger charge is -2.27. The first-order valence-corrected chi connectivity index (χ1v) is 7.65. The van der Waals surface area contributed by atoms with Crippen molar-refractivity contribution in [3.8, 4) is 0 Å². The lowest BCUT2D eigenvalue weighted by Crippen LogP contribution is -2.36. The number of nitrogens with two attached hydrogens (primary N) is 1. The van der Waals surface area contributed by atoms with Crippen LogP contribution in [-0.4, -0.2) is 44.0 Å². The molecule has 0 bridgehead atoms. The molecule has 1 fully saturated rings. The van der Waals surface area contributed by atoms with Gasteiger partial charge in [-0.1, -0.05) is 0 Å². The van der Waals surface area contributed by atoms with Gasteiger partial charge in [-0.2, -0.15) is 0 Å². The summed E-state index contributed by atoms with van der Waals surface area (Å²) in [7, 11) is 4.12. The largest absolute Gasteiger partial charge is 0.354 e. The minimum Gasteiger partial charge on any atom is -0.354 e. The van der Waals surface area contributed by atoms with Crippen molar-refractivity contribution >= 4 is 5.91 Å². The van der Waals surface area contributed by atoms with Gasteiger partial charge in [0.1, 0.15) is 0 Å². The highest BCUT2D eigenvalue weighted by Gasteiger charge is 2.22. The Kier molecular flexibility index (Phi) is 7.39. The van der Waals surface area contributed by atoms with Gasteiger partial charge in [-0.15, -0.1) is 0 Å². The van der Waals surface area contributed by atoms with Crippen LogP contribution in [-0.2, 0) is 4.79 Å². The molecule has 0 spiro atoms. The molecule has 112 valence electrons. The molecule has 3 N–H and O–H groups in total. The molecule has 0 heterocycles. The predicted molar refractivity (Wildman–Crippen MR) is 79.9 cm³/mol. The van der Waals surface area contributed by atoms with Crippen molar-refractivity contribution in [2.24, 2.45) is 17.6 Å². The first-order valence-electron chi connectivity index (χ1n) is 7.65. The molecule has 1 amide bonds. The van der Waals surface area contributed by atoms with Gasteiger partial charge in [0, 0.05) is 12.5 Å². The third-order valence-electron chi connectivity index (χ3n) is 4.19. The second-order valence-corrected chi connectivity index (χ2v) is 6.39. The molecule has 1 unspecified atom stereocenters. The first kappa shape index (κ1) is 16.4. The number of carbonyl (C=O) groups is 1. The summed E-state index contributed by atoms with van der Waals surface area (Å²) in [4.78, 5) is 14.1. The number of nitrogens with zero attached hydrogens (tertiary/aromatic N) is 1. The van der Waals surface area contributed by atoms with Crippen LogP contribution in [0.5, 0.6) is 0 Å². The van der Waals surface area contributed by atoms with Crippen LogP contribution in [0.3, 0.4) is 0 Å². The summed E-state index contributed by atoms with van der Waals surface area (Å²) in [6.07, 6.45) is 6.44. The zero-order valence-corrected chi connectivity index (χ0v) is 12.8. The van der Waals surface area contributed by atoms with Crippen LogP contribution >= 0.6 is 0 Å². The molecular formula is C15H31N3O. The summed E-state index contributed by atoms with van der Waals surface area (Å²) in [6.45, 7) is 3.91. The van der Waals surface area contributed by atoms with Crippen LogP contribution < -0.4 is 11.1 Å². The number of amides is 1. The van der Waals surface area contributed by atoms with Gasteiger partial charge in [0.15, 0.2) is 0 Å². The van der Waals surface area contributed by atoms with Gasteiger partial charge in [-0.3, -0.25) is 4.79 Å². The van der Waals surface area contributed by atoms with Crippen LogP contribution in [0.4, 0.5) is 0 Å². The Labute approximate surface area is 118 Å². The Morgan fingerprint density at radius 1 is 1.26 bits per heavy atom. The number of nitrogens with one attached hydrogen (secondary N) is 1. The molecule has 1 rings (SSSR count). The molecule has 19 heavy (non-hydrogen) atoms. The van der Waals surface area contributed by atoms with E-state index in [2.05, 4.69) is 31.2 Å². The summed E-state index contributed by atoms with van der Waals surface area (Å²) in [5, 5.41) is 3.12. The molecule has 0 aromatic carbocycles. The third kappa shape index (κ3) is 6.92. The van der Waals surface area contributed by atoms with Crippen LogP contribution in [0.25, 0.3) is 0 Å². The Hall–Kier alpha value is -0.610. The average Bonchev–Trinajstić information content (AvgIpc) is 2.37. The molecule has 1 aliphatic rings. The van der Waals surface area contributed by atoms with Crippen molar-refractivity contribution in [1.82, 2.24) is 10.2 Å². The fourth-order valence-electron chi connectivity index (χ4n) is 2.79. The van der Waals surface area contributed by atoms with Gasteiger partial charge in [0.25, 0.3) is 0 Å². The highest BCUT2D eigenvalue weighted by atomic mass is 16.1. The van der Waals surface area contributed by atoms with Crippen molar-refractivity contribution in [3.05, 3.63) is 0 Å². The standard InChI is InChI=1S/C15H31N3O/c1-12(8-9-18(2)3)17-15(19)10-13-4-6-14(11-16)7-5-13/h12-14H,4-11,16H2,1-3H3,(H,17,19). The zero-order valence-electron chi connectivity index (χ0n) is 12.8. The van der Waals surface area contributed by atoms with Crippen LogP contribution in [0, 0.1) is 11.8 Å². The Balaban J connectivity index is 2.17. The Morgan fingerprint density at radius 3 is 2.37 bits per heavy atom. The first-order chi connectivity index (χ1) is 9.01. The van der Waals surface area contributed by atoms with Crippen molar-refractivity contribution in [1.29, 1.82) is 0 Å². The van der Waals surface area contributed by atoms with Crippen LogP contribution in [0.15, 0.2) is 0 Å². The maximum absolute atomic E-state index is 12.0. The maximum atomic E-state index is 12.0. The molecule has 0 aromatic heterocycles. The molecule has 0 aliphatic heterocycles. The van der Waals surface area contributed by atoms with E-state index in [4.69, 9.17) is 5.73 Å². The number of rotatable bonds is 7. The van der Waals surface area contributed by atoms with Gasteiger partial charge in [-0.25, -0.2) is 0 Å². The van der Waals surface area contributed by atoms with Gasteiger partial charge in [0.05, 0.1) is 0 Å². The van der Waals surface area contributed by atoms with Crippen LogP contribution in [0.2, 0.25) is 0 Å². The minimum absolute atomic E-state index is 0.224. The van der Waals surface area contributed by atoms with Gasteiger partial charge >= 0.3 is 0 Å². The van der Waals surface area contributed by atoms with E-state index >= 15 is 0 Å². The summed E-state index contributed by atoms with van der Waals surface area (Å²) in [5.41, 5.74) is 5.69. The molecule has 4 nitrogen and oxygen atoms in total. The maximum Gasteiger partial charge on any atom is 0.220 e. The van der Waals surface area contributed by atoms with E-state index in [9.17, 15) is 4.79 Å². The number of hydrogen-bond acceptors (Lipinski definition) is 3. The molecule has 0 saturated heterocycles. The van der Waals surface area contributed by atoms with Crippen LogP contribution in [0.1, 0.15) is 45.4 Å². The quantitative estimate of drug-likeness (QED) is 0.738. The molecule has 1 atom stereocenters. The summed E-state index contributed by atoms with van der Waals surface area (Å²) in [6, 6.07) is 0.273. The van der Waals surface area contributed by atoms with Crippen molar-refractivity contribution in [2.75, 3.05) is 27.2 Å². The fourth-order valence-corrected chi connectivity index (χ4v) is 2.79. The summed E-state index contributed by atoms with van der Waals surface area (Å²) in [5.74, 6) is 1.49. The SMILES string of the molecule is CC(CCN(C)C)NC(=O)CC1CCC(CN)CC1. The monoisotopic (exact) mass is 269 g/mol. The minimum atomic E-state index is 0.224. The molecule has 4 heteroatoms. The molecule has 1 saturated carbocycles. The molecule has 1 aliphatic carbocycles. The van der Waals surface area contributed by atoms with Crippen molar-refractivity contribution in [3.63, 3.8) is 0 Å². The van der Waals surface area contributed by atoms with E-state index in [1.54, 1.807) is 0 Å². The Morgan fingerprint density at radius 2 is 1.84 bits per heavy atom. The lowest BCUT2D eigenvalue weighted by molar-refractivity contribution is -0.123. The van der Waals surface area contributed by atoms with E-state index in [1.807, 2.05) is 0 Å². The second-order valence-electron chi connectivity index (χ2n) is 6.39. The summed E-state index contributed by atoms with van der Waals surface area (Å²) < 4.78 is 0. The lowest BCUT2D eigenvalue weighted by atomic mass is 9.80. The predicted octanol–water partition coefficient (Wildman–Crippen LogP) is 1.60. The van der Waals surface area contributed by atoms with Crippen molar-refractivity contribution in [2.45, 2.75) is 51.5 Å².